The van der Waals surface area contributed by atoms with Crippen LogP contribution in [-0.2, 0) is 0 Å². The molecule has 0 amide bonds. The first-order chi connectivity index (χ1) is 7.81. The Labute approximate surface area is 100 Å². The normalized spacial score (nSPS) is 12.8. The van der Waals surface area contributed by atoms with Crippen molar-refractivity contribution in [1.29, 1.82) is 0 Å². The lowest BCUT2D eigenvalue weighted by atomic mass is 10.0. The number of carbonyl (C=O) groups excluding carboxylic acids is 1. The van der Waals surface area contributed by atoms with Gasteiger partial charge < -0.3 is 10.6 Å². The van der Waals surface area contributed by atoms with Gasteiger partial charge in [0, 0.05) is 17.9 Å². The van der Waals surface area contributed by atoms with Gasteiger partial charge in [0.25, 0.3) is 0 Å². The number of nitrogens with one attached hydrogen (secondary N) is 2. The van der Waals surface area contributed by atoms with Crippen LogP contribution in [-0.4, -0.2) is 18.3 Å². The fourth-order valence-electron chi connectivity index (χ4n) is 1.78. The number of benzene rings is 1. The molecule has 2 rings (SSSR count). The lowest BCUT2D eigenvalue weighted by Gasteiger charge is -2.03. The first kappa shape index (κ1) is 11.3. The van der Waals surface area contributed by atoms with Crippen molar-refractivity contribution in [2.75, 3.05) is 23.2 Å². The maximum Gasteiger partial charge on any atom is 0.162 e. The molecule has 0 unspecified atom stereocenters. The van der Waals surface area contributed by atoms with Gasteiger partial charge in [0.2, 0.25) is 0 Å². The summed E-state index contributed by atoms with van der Waals surface area (Å²) in [6.07, 6.45) is 2.35. The van der Waals surface area contributed by atoms with E-state index in [1.165, 1.54) is 0 Å². The van der Waals surface area contributed by atoms with Crippen LogP contribution in [0.4, 0.5) is 11.4 Å². The molecule has 0 atom stereocenters. The minimum absolute atomic E-state index is 0.196. The molecule has 0 saturated heterocycles. The molecule has 0 saturated carbocycles. The molecule has 0 radical (unpaired) electrons. The molecular formula is C12H15ClN2O. The Kier molecular flexibility index (Phi) is 3.67. The summed E-state index contributed by atoms with van der Waals surface area (Å²) in [7, 11) is 0. The van der Waals surface area contributed by atoms with Gasteiger partial charge in [0.05, 0.1) is 18.0 Å². The Morgan fingerprint density at radius 2 is 2.06 bits per heavy atom. The van der Waals surface area contributed by atoms with Gasteiger partial charge in [-0.1, -0.05) is 0 Å². The molecule has 86 valence electrons. The lowest BCUT2D eigenvalue weighted by molar-refractivity contribution is 0.0980. The second kappa shape index (κ2) is 5.21. The molecule has 4 heteroatoms. The minimum Gasteiger partial charge on any atom is -0.366 e. The van der Waals surface area contributed by atoms with Gasteiger partial charge in [-0.3, -0.25) is 4.79 Å². The fourth-order valence-corrected chi connectivity index (χ4v) is 1.97. The van der Waals surface area contributed by atoms with E-state index in [9.17, 15) is 4.79 Å². The van der Waals surface area contributed by atoms with Crippen molar-refractivity contribution in [1.82, 2.24) is 0 Å². The van der Waals surface area contributed by atoms with Crippen LogP contribution < -0.4 is 10.6 Å². The Hall–Kier alpha value is -1.22. The second-order valence-corrected chi connectivity index (χ2v) is 4.24. The number of hydrogen-bond donors (Lipinski definition) is 2. The van der Waals surface area contributed by atoms with E-state index in [0.29, 0.717) is 12.3 Å². The van der Waals surface area contributed by atoms with E-state index in [1.807, 2.05) is 18.2 Å². The van der Waals surface area contributed by atoms with Crippen LogP contribution in [0.5, 0.6) is 0 Å². The van der Waals surface area contributed by atoms with Crippen molar-refractivity contribution in [2.24, 2.45) is 0 Å². The lowest BCUT2D eigenvalue weighted by Crippen LogP contribution is -2.00. The number of ketones is 1. The van der Waals surface area contributed by atoms with Crippen molar-refractivity contribution >= 4 is 28.8 Å². The van der Waals surface area contributed by atoms with Gasteiger partial charge in [-0.15, -0.1) is 11.6 Å². The van der Waals surface area contributed by atoms with Crippen LogP contribution >= 0.6 is 11.6 Å². The molecule has 0 aromatic heterocycles. The molecule has 3 nitrogen and oxygen atoms in total. The minimum atomic E-state index is 0.196. The summed E-state index contributed by atoms with van der Waals surface area (Å²) in [5.74, 6) is 0.824. The number of hydrogen-bond acceptors (Lipinski definition) is 3. The third-order valence-electron chi connectivity index (χ3n) is 2.69. The summed E-state index contributed by atoms with van der Waals surface area (Å²) in [4.78, 5) is 11.8. The highest BCUT2D eigenvalue weighted by Gasteiger charge is 2.12. The Balaban J connectivity index is 2.01. The average Bonchev–Trinajstić information content (AvgIpc) is 2.76. The van der Waals surface area contributed by atoms with Crippen molar-refractivity contribution in [3.8, 4) is 0 Å². The highest BCUT2D eigenvalue weighted by atomic mass is 35.5. The van der Waals surface area contributed by atoms with Crippen LogP contribution in [0.25, 0.3) is 0 Å². The van der Waals surface area contributed by atoms with Gasteiger partial charge in [-0.2, -0.15) is 0 Å². The van der Waals surface area contributed by atoms with Crippen molar-refractivity contribution in [3.63, 3.8) is 0 Å². The maximum absolute atomic E-state index is 11.8. The van der Waals surface area contributed by atoms with Crippen LogP contribution in [0.1, 0.15) is 29.6 Å². The van der Waals surface area contributed by atoms with E-state index in [2.05, 4.69) is 10.6 Å². The molecule has 0 bridgehead atoms. The largest absolute Gasteiger partial charge is 0.366 e. The number of anilines is 2. The number of unbranched alkanes of at least 4 members (excludes halogenated alkanes) is 1. The van der Waals surface area contributed by atoms with Gasteiger partial charge >= 0.3 is 0 Å². The molecule has 1 aromatic carbocycles. The van der Waals surface area contributed by atoms with Crippen molar-refractivity contribution in [2.45, 2.75) is 19.3 Å². The monoisotopic (exact) mass is 238 g/mol. The third kappa shape index (κ3) is 2.47. The Bertz CT molecular complexity index is 393. The number of halogens is 1. The molecule has 1 aliphatic rings. The number of Topliss-reactive ketones (excluding diaryl/α,β-unsaturated/α-hetero) is 1. The molecule has 1 aromatic rings. The highest BCUT2D eigenvalue weighted by molar-refractivity contribution is 6.17. The van der Waals surface area contributed by atoms with Gasteiger partial charge in [0.1, 0.15) is 0 Å². The maximum atomic E-state index is 11.8. The summed E-state index contributed by atoms with van der Waals surface area (Å²) in [6.45, 7) is 0.735. The number of alkyl halides is 1. The smallest absolute Gasteiger partial charge is 0.162 e. The topological polar surface area (TPSA) is 41.1 Å². The third-order valence-corrected chi connectivity index (χ3v) is 2.95. The molecule has 0 spiro atoms. The zero-order chi connectivity index (χ0) is 11.4. The zero-order valence-corrected chi connectivity index (χ0v) is 9.81. The molecule has 1 aliphatic heterocycles. The predicted molar refractivity (Wildman–Crippen MR) is 67.5 cm³/mol. The van der Waals surface area contributed by atoms with E-state index in [-0.39, 0.29) is 5.78 Å². The van der Waals surface area contributed by atoms with Crippen LogP contribution in [0.15, 0.2) is 18.2 Å². The highest BCUT2D eigenvalue weighted by Crippen LogP contribution is 2.27. The van der Waals surface area contributed by atoms with E-state index >= 15 is 0 Å². The van der Waals surface area contributed by atoms with Crippen molar-refractivity contribution < 1.29 is 4.79 Å². The summed E-state index contributed by atoms with van der Waals surface area (Å²) in [6, 6.07) is 5.74. The predicted octanol–water partition coefficient (Wildman–Crippen LogP) is 3.07. The molecule has 16 heavy (non-hydrogen) atoms. The zero-order valence-electron chi connectivity index (χ0n) is 9.05. The fraction of sp³-hybridized carbons (Fsp3) is 0.417. The first-order valence-corrected chi connectivity index (χ1v) is 6.05. The molecule has 1 heterocycles. The average molecular weight is 239 g/mol. The summed E-state index contributed by atoms with van der Waals surface area (Å²) < 4.78 is 0. The second-order valence-electron chi connectivity index (χ2n) is 3.86. The number of rotatable bonds is 5. The van der Waals surface area contributed by atoms with Crippen LogP contribution in [0, 0.1) is 0 Å². The standard InChI is InChI=1S/C12H15ClN2O/c13-6-2-1-3-12(16)9-4-5-10-11(7-9)15-8-14-10/h4-5,7,14-15H,1-3,6,8H2. The summed E-state index contributed by atoms with van der Waals surface area (Å²) in [5, 5.41) is 6.36. The Morgan fingerprint density at radius 3 is 2.88 bits per heavy atom. The summed E-state index contributed by atoms with van der Waals surface area (Å²) >= 11 is 5.58. The summed E-state index contributed by atoms with van der Waals surface area (Å²) in [5.41, 5.74) is 2.87. The molecular weight excluding hydrogens is 224 g/mol. The van der Waals surface area contributed by atoms with Crippen LogP contribution in [0.2, 0.25) is 0 Å². The van der Waals surface area contributed by atoms with Crippen LogP contribution in [0.3, 0.4) is 0 Å². The SMILES string of the molecule is O=C(CCCCCl)c1ccc2c(c1)NCN2. The first-order valence-electron chi connectivity index (χ1n) is 5.52. The van der Waals surface area contributed by atoms with Gasteiger partial charge in [-0.05, 0) is 31.0 Å². The molecule has 0 aliphatic carbocycles. The molecule has 2 N–H and O–H groups in total. The van der Waals surface area contributed by atoms with E-state index in [4.69, 9.17) is 11.6 Å². The van der Waals surface area contributed by atoms with E-state index in [0.717, 1.165) is 36.4 Å². The molecule has 0 fully saturated rings. The number of carbonyl (C=O) groups is 1. The quantitative estimate of drug-likeness (QED) is 0.471. The van der Waals surface area contributed by atoms with Gasteiger partial charge in [0.15, 0.2) is 5.78 Å². The number of fused-ring (bicyclic) bond motifs is 1. The van der Waals surface area contributed by atoms with E-state index in [1.54, 1.807) is 0 Å². The van der Waals surface area contributed by atoms with E-state index < -0.39 is 0 Å². The van der Waals surface area contributed by atoms with Crippen molar-refractivity contribution in [3.05, 3.63) is 23.8 Å². The van der Waals surface area contributed by atoms with Gasteiger partial charge in [-0.25, -0.2) is 0 Å². The Morgan fingerprint density at radius 1 is 1.25 bits per heavy atom.